The number of nitrogens with zero attached hydrogens (tertiary/aromatic N) is 2. The van der Waals surface area contributed by atoms with E-state index in [-0.39, 0.29) is 0 Å². The number of anilines is 1. The van der Waals surface area contributed by atoms with Crippen LogP contribution in [0.3, 0.4) is 0 Å². The van der Waals surface area contributed by atoms with Crippen molar-refractivity contribution in [3.05, 3.63) is 40.6 Å². The fraction of sp³-hybridized carbons (Fsp3) is 0.286. The monoisotopic (exact) mass is 335 g/mol. The molecule has 1 aromatic carbocycles. The minimum absolute atomic E-state index is 0.562. The van der Waals surface area contributed by atoms with Crippen LogP contribution in [0.25, 0.3) is 0 Å². The average Bonchev–Trinajstić information content (AvgIpc) is 3.25. The molecule has 1 aliphatic carbocycles. The summed E-state index contributed by atoms with van der Waals surface area (Å²) >= 11 is 5.23. The normalized spacial score (nSPS) is 14.4. The number of aromatic nitrogens is 2. The van der Waals surface area contributed by atoms with Crippen molar-refractivity contribution in [2.75, 3.05) is 12.4 Å². The summed E-state index contributed by atoms with van der Waals surface area (Å²) in [5.74, 6) is 2.43. The molecule has 0 radical (unpaired) electrons. The van der Waals surface area contributed by atoms with Gasteiger partial charge in [0.15, 0.2) is 0 Å². The highest BCUT2D eigenvalue weighted by molar-refractivity contribution is 9.10. The summed E-state index contributed by atoms with van der Waals surface area (Å²) in [7, 11) is 1.89. The molecule has 2 aromatic rings. The molecule has 0 spiro atoms. The van der Waals surface area contributed by atoms with Crippen molar-refractivity contribution in [2.24, 2.45) is 0 Å². The van der Waals surface area contributed by atoms with Gasteiger partial charge in [0.1, 0.15) is 16.7 Å². The van der Waals surface area contributed by atoms with Crippen LogP contribution in [0.15, 0.2) is 44.7 Å². The third kappa shape index (κ3) is 3.09. The van der Waals surface area contributed by atoms with E-state index in [9.17, 15) is 0 Å². The quantitative estimate of drug-likeness (QED) is 0.845. The predicted octanol–water partition coefficient (Wildman–Crippen LogP) is 4.31. The van der Waals surface area contributed by atoms with Crippen LogP contribution in [-0.4, -0.2) is 17.0 Å². The van der Waals surface area contributed by atoms with Gasteiger partial charge in [0, 0.05) is 28.4 Å². The van der Waals surface area contributed by atoms with Gasteiger partial charge >= 0.3 is 0 Å². The average molecular weight is 336 g/mol. The molecule has 0 aliphatic heterocycles. The lowest BCUT2D eigenvalue weighted by Gasteiger charge is -2.08. The Morgan fingerprint density at radius 1 is 1.26 bits per heavy atom. The highest BCUT2D eigenvalue weighted by atomic mass is 79.9. The van der Waals surface area contributed by atoms with E-state index in [0.29, 0.717) is 5.92 Å². The lowest BCUT2D eigenvalue weighted by atomic mass is 10.4. The summed E-state index contributed by atoms with van der Waals surface area (Å²) < 4.78 is 1.09. The maximum absolute atomic E-state index is 4.67. The van der Waals surface area contributed by atoms with Crippen molar-refractivity contribution in [3.63, 3.8) is 0 Å². The van der Waals surface area contributed by atoms with Gasteiger partial charge in [-0.15, -0.1) is 0 Å². The second kappa shape index (κ2) is 5.51. The van der Waals surface area contributed by atoms with Crippen molar-refractivity contribution < 1.29 is 0 Å². The molecule has 3 rings (SSSR count). The highest BCUT2D eigenvalue weighted by Crippen LogP contribution is 2.40. The van der Waals surface area contributed by atoms with Gasteiger partial charge < -0.3 is 5.32 Å². The number of halogens is 1. The van der Waals surface area contributed by atoms with Crippen LogP contribution in [-0.2, 0) is 0 Å². The molecule has 0 saturated heterocycles. The largest absolute Gasteiger partial charge is 0.373 e. The number of rotatable bonds is 4. The summed E-state index contributed by atoms with van der Waals surface area (Å²) in [6.45, 7) is 0. The summed E-state index contributed by atoms with van der Waals surface area (Å²) in [5.41, 5.74) is 0. The molecular weight excluding hydrogens is 322 g/mol. The fourth-order valence-electron chi connectivity index (χ4n) is 1.79. The van der Waals surface area contributed by atoms with Crippen molar-refractivity contribution in [1.29, 1.82) is 0 Å². The molecular formula is C14H14BrN3S. The van der Waals surface area contributed by atoms with E-state index in [1.807, 2.05) is 31.3 Å². The molecule has 1 heterocycles. The zero-order valence-corrected chi connectivity index (χ0v) is 13.0. The lowest BCUT2D eigenvalue weighted by molar-refractivity contribution is 0.880. The van der Waals surface area contributed by atoms with E-state index < -0.39 is 0 Å². The van der Waals surface area contributed by atoms with Crippen molar-refractivity contribution in [2.45, 2.75) is 28.7 Å². The fourth-order valence-corrected chi connectivity index (χ4v) is 3.16. The molecule has 1 fully saturated rings. The van der Waals surface area contributed by atoms with E-state index >= 15 is 0 Å². The maximum atomic E-state index is 4.67. The van der Waals surface area contributed by atoms with Crippen LogP contribution in [0.2, 0.25) is 0 Å². The SMILES string of the molecule is CNc1cc(Sc2ccccc2Br)nc(C2CC2)n1. The second-order valence-electron chi connectivity index (χ2n) is 4.51. The summed E-state index contributed by atoms with van der Waals surface area (Å²) in [5, 5.41) is 4.11. The molecule has 19 heavy (non-hydrogen) atoms. The molecule has 1 saturated carbocycles. The van der Waals surface area contributed by atoms with E-state index in [2.05, 4.69) is 37.3 Å². The lowest BCUT2D eigenvalue weighted by Crippen LogP contribution is -2.00. The van der Waals surface area contributed by atoms with Crippen molar-refractivity contribution in [1.82, 2.24) is 9.97 Å². The minimum Gasteiger partial charge on any atom is -0.373 e. The molecule has 0 bridgehead atoms. The molecule has 1 aromatic heterocycles. The van der Waals surface area contributed by atoms with Crippen LogP contribution < -0.4 is 5.32 Å². The first-order chi connectivity index (χ1) is 9.26. The van der Waals surface area contributed by atoms with E-state index in [1.54, 1.807) is 11.8 Å². The van der Waals surface area contributed by atoms with Gasteiger partial charge in [0.05, 0.1) is 0 Å². The van der Waals surface area contributed by atoms with Gasteiger partial charge in [0.2, 0.25) is 0 Å². The Kier molecular flexibility index (Phi) is 3.75. The number of benzene rings is 1. The van der Waals surface area contributed by atoms with E-state index in [4.69, 9.17) is 0 Å². The van der Waals surface area contributed by atoms with Gasteiger partial charge in [-0.2, -0.15) is 0 Å². The van der Waals surface area contributed by atoms with Crippen LogP contribution in [0.5, 0.6) is 0 Å². The Bertz CT molecular complexity index is 599. The summed E-state index contributed by atoms with van der Waals surface area (Å²) in [6, 6.07) is 10.2. The first kappa shape index (κ1) is 12.9. The molecule has 3 nitrogen and oxygen atoms in total. The van der Waals surface area contributed by atoms with Crippen molar-refractivity contribution in [3.8, 4) is 0 Å². The van der Waals surface area contributed by atoms with Gasteiger partial charge in [-0.1, -0.05) is 23.9 Å². The highest BCUT2D eigenvalue weighted by Gasteiger charge is 2.27. The van der Waals surface area contributed by atoms with Crippen molar-refractivity contribution >= 4 is 33.5 Å². The Hall–Kier alpha value is -1.07. The Labute approximate surface area is 125 Å². The van der Waals surface area contributed by atoms with Crippen LogP contribution in [0, 0.1) is 0 Å². The van der Waals surface area contributed by atoms with Crippen LogP contribution in [0.4, 0.5) is 5.82 Å². The first-order valence-corrected chi connectivity index (χ1v) is 7.86. The minimum atomic E-state index is 0.562. The third-order valence-electron chi connectivity index (χ3n) is 2.97. The zero-order chi connectivity index (χ0) is 13.2. The van der Waals surface area contributed by atoms with Gasteiger partial charge in [-0.3, -0.25) is 0 Å². The standard InChI is InChI=1S/C14H14BrN3S/c1-16-12-8-13(18-14(17-12)9-6-7-9)19-11-5-3-2-4-10(11)15/h2-5,8-9H,6-7H2,1H3,(H,16,17,18). The molecule has 0 unspecified atom stereocenters. The molecule has 0 amide bonds. The van der Waals surface area contributed by atoms with Gasteiger partial charge in [-0.05, 0) is 40.9 Å². The van der Waals surface area contributed by atoms with Crippen LogP contribution in [0.1, 0.15) is 24.6 Å². The Morgan fingerprint density at radius 2 is 2.05 bits per heavy atom. The predicted molar refractivity (Wildman–Crippen MR) is 81.8 cm³/mol. The zero-order valence-electron chi connectivity index (χ0n) is 10.6. The molecule has 1 N–H and O–H groups in total. The molecule has 98 valence electrons. The van der Waals surface area contributed by atoms with E-state index in [0.717, 1.165) is 21.1 Å². The Balaban J connectivity index is 1.91. The topological polar surface area (TPSA) is 37.8 Å². The summed E-state index contributed by atoms with van der Waals surface area (Å²) in [4.78, 5) is 10.4. The number of hydrogen-bond acceptors (Lipinski definition) is 4. The second-order valence-corrected chi connectivity index (χ2v) is 6.42. The first-order valence-electron chi connectivity index (χ1n) is 6.25. The van der Waals surface area contributed by atoms with Gasteiger partial charge in [0.25, 0.3) is 0 Å². The summed E-state index contributed by atoms with van der Waals surface area (Å²) in [6.07, 6.45) is 2.43. The number of nitrogens with one attached hydrogen (secondary N) is 1. The third-order valence-corrected chi connectivity index (χ3v) is 4.92. The number of hydrogen-bond donors (Lipinski definition) is 1. The van der Waals surface area contributed by atoms with Gasteiger partial charge in [-0.25, -0.2) is 9.97 Å². The van der Waals surface area contributed by atoms with E-state index in [1.165, 1.54) is 17.7 Å². The maximum Gasteiger partial charge on any atom is 0.135 e. The molecule has 5 heteroatoms. The smallest absolute Gasteiger partial charge is 0.135 e. The Morgan fingerprint density at radius 3 is 2.74 bits per heavy atom. The van der Waals surface area contributed by atoms with Crippen LogP contribution >= 0.6 is 27.7 Å². The molecule has 0 atom stereocenters. The molecule has 1 aliphatic rings.